The molecule has 3 heteroatoms. The van der Waals surface area contributed by atoms with Crippen LogP contribution in [-0.4, -0.2) is 38.8 Å². The van der Waals surface area contributed by atoms with E-state index in [2.05, 4.69) is 0 Å². The van der Waals surface area contributed by atoms with Crippen LogP contribution in [0.5, 0.6) is 0 Å². The van der Waals surface area contributed by atoms with Crippen molar-refractivity contribution in [1.29, 1.82) is 0 Å². The Hall–Kier alpha value is 0.350. The molecule has 2 nitrogen and oxygen atoms in total. The first kappa shape index (κ1) is 11.4. The number of hydrogen-bond donors (Lipinski definition) is 0. The zero-order chi connectivity index (χ0) is 8.36. The van der Waals surface area contributed by atoms with Crippen molar-refractivity contribution < 1.29 is 9.47 Å². The molecule has 0 heterocycles. The predicted octanol–water partition coefficient (Wildman–Crippen LogP) is 1.74. The van der Waals surface area contributed by atoms with Gasteiger partial charge in [0.25, 0.3) is 0 Å². The van der Waals surface area contributed by atoms with Crippen molar-refractivity contribution in [3.05, 3.63) is 0 Å². The van der Waals surface area contributed by atoms with Gasteiger partial charge in [-0.05, 0) is 26.2 Å². The smallest absolute Gasteiger partial charge is 0.0502 e. The lowest BCUT2D eigenvalue weighted by Crippen LogP contribution is -1.99. The van der Waals surface area contributed by atoms with Gasteiger partial charge in [-0.2, -0.15) is 0 Å². The zero-order valence-electron chi connectivity index (χ0n) is 7.56. The topological polar surface area (TPSA) is 18.5 Å². The second-order valence-corrected chi connectivity index (χ2v) is 3.64. The molecule has 68 valence electrons. The Kier molecular flexibility index (Phi) is 10.7. The zero-order valence-corrected chi connectivity index (χ0v) is 8.56. The van der Waals surface area contributed by atoms with E-state index >= 15 is 0 Å². The Morgan fingerprint density at radius 1 is 0.909 bits per heavy atom. The summed E-state index contributed by atoms with van der Waals surface area (Å²) in [5, 5.41) is 0. The fraction of sp³-hybridized carbons (Fsp3) is 1.00. The molecule has 0 spiro atoms. The van der Waals surface area contributed by atoms with Crippen LogP contribution < -0.4 is 0 Å². The maximum Gasteiger partial charge on any atom is 0.0502 e. The van der Waals surface area contributed by atoms with Gasteiger partial charge < -0.3 is 9.47 Å². The van der Waals surface area contributed by atoms with Crippen LogP contribution in [-0.2, 0) is 9.47 Å². The molecule has 0 saturated carbocycles. The van der Waals surface area contributed by atoms with Crippen molar-refractivity contribution in [3.63, 3.8) is 0 Å². The van der Waals surface area contributed by atoms with Gasteiger partial charge in [-0.3, -0.25) is 0 Å². The van der Waals surface area contributed by atoms with Crippen molar-refractivity contribution in [3.8, 4) is 0 Å². The van der Waals surface area contributed by atoms with Crippen LogP contribution in [0, 0.1) is 0 Å². The van der Waals surface area contributed by atoms with Crippen LogP contribution >= 0.6 is 8.58 Å². The number of hydrogen-bond acceptors (Lipinski definition) is 2. The second kappa shape index (κ2) is 10.3. The van der Waals surface area contributed by atoms with Gasteiger partial charge in [0.1, 0.15) is 0 Å². The van der Waals surface area contributed by atoms with Gasteiger partial charge in [-0.15, -0.1) is 8.58 Å². The van der Waals surface area contributed by atoms with Crippen LogP contribution in [0.15, 0.2) is 0 Å². The van der Waals surface area contributed by atoms with Gasteiger partial charge in [0.05, 0.1) is 13.2 Å². The highest BCUT2D eigenvalue weighted by molar-refractivity contribution is 7.38. The molecular formula is C8H19O2P. The molecule has 0 radical (unpaired) electrons. The van der Waals surface area contributed by atoms with Crippen LogP contribution in [0.2, 0.25) is 0 Å². The van der Waals surface area contributed by atoms with E-state index in [1.54, 1.807) is 0 Å². The lowest BCUT2D eigenvalue weighted by atomic mass is 10.8. The molecule has 0 aliphatic carbocycles. The molecule has 0 atom stereocenters. The van der Waals surface area contributed by atoms with Gasteiger partial charge >= 0.3 is 0 Å². The summed E-state index contributed by atoms with van der Waals surface area (Å²) in [5.41, 5.74) is 0. The van der Waals surface area contributed by atoms with E-state index in [9.17, 15) is 0 Å². The average Bonchev–Trinajstić information content (AvgIpc) is 2.03. The maximum atomic E-state index is 5.21. The van der Waals surface area contributed by atoms with Gasteiger partial charge in [-0.25, -0.2) is 0 Å². The highest BCUT2D eigenvalue weighted by Crippen LogP contribution is 2.07. The molecular weight excluding hydrogens is 159 g/mol. The molecule has 0 saturated heterocycles. The first-order valence-corrected chi connectivity index (χ1v) is 5.69. The normalized spacial score (nSPS) is 10.4. The van der Waals surface area contributed by atoms with E-state index in [-0.39, 0.29) is 0 Å². The summed E-state index contributed by atoms with van der Waals surface area (Å²) < 4.78 is 10.4. The molecule has 11 heavy (non-hydrogen) atoms. The Morgan fingerprint density at radius 3 is 1.73 bits per heavy atom. The van der Waals surface area contributed by atoms with Crippen molar-refractivity contribution in [2.45, 2.75) is 13.8 Å². The predicted molar refractivity (Wildman–Crippen MR) is 51.0 cm³/mol. The third-order valence-corrected chi connectivity index (χ3v) is 2.37. The average molecular weight is 178 g/mol. The molecule has 0 unspecified atom stereocenters. The minimum absolute atomic E-state index is 0.843. The van der Waals surface area contributed by atoms with E-state index in [4.69, 9.17) is 9.47 Å². The Labute approximate surface area is 71.4 Å². The van der Waals surface area contributed by atoms with E-state index in [1.165, 1.54) is 12.3 Å². The summed E-state index contributed by atoms with van der Waals surface area (Å²) in [6.45, 7) is 7.58. The van der Waals surface area contributed by atoms with Crippen LogP contribution in [0.3, 0.4) is 0 Å². The fourth-order valence-electron chi connectivity index (χ4n) is 0.702. The summed E-state index contributed by atoms with van der Waals surface area (Å²) in [4.78, 5) is 0. The Balaban J connectivity index is 2.69. The Bertz CT molecular complexity index is 61.1. The monoisotopic (exact) mass is 178 g/mol. The summed E-state index contributed by atoms with van der Waals surface area (Å²) in [7, 11) is 1.00. The van der Waals surface area contributed by atoms with E-state index < -0.39 is 0 Å². The number of rotatable bonds is 8. The van der Waals surface area contributed by atoms with Crippen LogP contribution in [0.25, 0.3) is 0 Å². The molecule has 0 aromatic carbocycles. The van der Waals surface area contributed by atoms with Crippen molar-refractivity contribution in [2.75, 3.05) is 38.8 Å². The third kappa shape index (κ3) is 10.4. The van der Waals surface area contributed by atoms with Crippen LogP contribution in [0.1, 0.15) is 13.8 Å². The van der Waals surface area contributed by atoms with Gasteiger partial charge in [-0.1, -0.05) is 0 Å². The fourth-order valence-corrected chi connectivity index (χ4v) is 1.53. The molecule has 0 aliphatic rings. The van der Waals surface area contributed by atoms with Crippen molar-refractivity contribution in [2.24, 2.45) is 0 Å². The largest absolute Gasteiger partial charge is 0.381 e. The molecule has 0 rings (SSSR count). The standard InChI is InChI=1S/C8H19O2P/c1-3-9-5-7-11-8-6-10-4-2/h11H,3-8H2,1-2H3. The minimum atomic E-state index is 0.843. The summed E-state index contributed by atoms with van der Waals surface area (Å²) in [6, 6.07) is 0. The molecule has 0 aliphatic heterocycles. The third-order valence-electron chi connectivity index (χ3n) is 1.25. The summed E-state index contributed by atoms with van der Waals surface area (Å²) in [6.07, 6.45) is 2.39. The highest BCUT2D eigenvalue weighted by atomic mass is 31.1. The Morgan fingerprint density at radius 2 is 1.36 bits per heavy atom. The second-order valence-electron chi connectivity index (χ2n) is 2.14. The highest BCUT2D eigenvalue weighted by Gasteiger charge is 1.88. The first-order valence-electron chi connectivity index (χ1n) is 4.28. The van der Waals surface area contributed by atoms with E-state index in [1.807, 2.05) is 13.8 Å². The van der Waals surface area contributed by atoms with Gasteiger partial charge in [0, 0.05) is 13.2 Å². The van der Waals surface area contributed by atoms with Gasteiger partial charge in [0.15, 0.2) is 0 Å². The molecule has 0 aromatic rings. The minimum Gasteiger partial charge on any atom is -0.381 e. The molecule has 0 aromatic heterocycles. The lowest BCUT2D eigenvalue weighted by Gasteiger charge is -2.01. The quantitative estimate of drug-likeness (QED) is 0.416. The summed E-state index contributed by atoms with van der Waals surface area (Å²) in [5.74, 6) is 0. The first-order chi connectivity index (χ1) is 5.41. The summed E-state index contributed by atoms with van der Waals surface area (Å²) >= 11 is 0. The maximum absolute atomic E-state index is 5.21. The van der Waals surface area contributed by atoms with Crippen molar-refractivity contribution >= 4 is 8.58 Å². The van der Waals surface area contributed by atoms with Gasteiger partial charge in [0.2, 0.25) is 0 Å². The molecule has 0 bridgehead atoms. The molecule has 0 N–H and O–H groups in total. The lowest BCUT2D eigenvalue weighted by molar-refractivity contribution is 0.161. The van der Waals surface area contributed by atoms with Crippen molar-refractivity contribution in [1.82, 2.24) is 0 Å². The number of ether oxygens (including phenoxy) is 2. The molecule has 0 amide bonds. The SMILES string of the molecule is CCOCCPCCOCC. The molecule has 0 fully saturated rings. The van der Waals surface area contributed by atoms with E-state index in [0.29, 0.717) is 0 Å². The van der Waals surface area contributed by atoms with Crippen LogP contribution in [0.4, 0.5) is 0 Å². The van der Waals surface area contributed by atoms with E-state index in [0.717, 1.165) is 35.0 Å².